The van der Waals surface area contributed by atoms with E-state index in [1.807, 2.05) is 0 Å². The quantitative estimate of drug-likeness (QED) is 0.595. The number of rotatable bonds is 2. The van der Waals surface area contributed by atoms with Crippen LogP contribution in [0.5, 0.6) is 0 Å². The smallest absolute Gasteiger partial charge is 0.162 e. The van der Waals surface area contributed by atoms with Gasteiger partial charge in [-0.2, -0.15) is 0 Å². The van der Waals surface area contributed by atoms with Gasteiger partial charge in [0.15, 0.2) is 5.82 Å². The molecule has 0 saturated carbocycles. The molecule has 0 aromatic carbocycles. The predicted octanol–water partition coefficient (Wildman–Crippen LogP) is 0.729. The highest BCUT2D eigenvalue weighted by Crippen LogP contribution is 2.27. The fraction of sp³-hybridized carbons (Fsp3) is 0.667. The molecule has 1 saturated heterocycles. The molecule has 98 valence electrons. The molecule has 1 unspecified atom stereocenters. The zero-order valence-corrected chi connectivity index (χ0v) is 10.3. The van der Waals surface area contributed by atoms with E-state index in [1.165, 1.54) is 12.8 Å². The van der Waals surface area contributed by atoms with Gasteiger partial charge in [-0.05, 0) is 25.7 Å². The summed E-state index contributed by atoms with van der Waals surface area (Å²) in [6, 6.07) is 0. The minimum Gasteiger partial charge on any atom is -0.376 e. The maximum absolute atomic E-state index is 5.64. The lowest BCUT2D eigenvalue weighted by Crippen LogP contribution is -2.26. The van der Waals surface area contributed by atoms with Crippen LogP contribution in [0.2, 0.25) is 0 Å². The van der Waals surface area contributed by atoms with Crippen molar-refractivity contribution in [1.29, 1.82) is 0 Å². The number of aryl methyl sites for hydroxylation is 1. The van der Waals surface area contributed by atoms with Gasteiger partial charge in [0.25, 0.3) is 0 Å². The van der Waals surface area contributed by atoms with Gasteiger partial charge in [0.2, 0.25) is 0 Å². The Bertz CT molecular complexity index is 415. The predicted molar refractivity (Wildman–Crippen MR) is 66.0 cm³/mol. The third-order valence-corrected chi connectivity index (χ3v) is 3.44. The van der Waals surface area contributed by atoms with Crippen molar-refractivity contribution in [3.8, 4) is 0 Å². The Kier molecular flexibility index (Phi) is 3.40. The van der Waals surface area contributed by atoms with Crippen molar-refractivity contribution < 1.29 is 9.47 Å². The van der Waals surface area contributed by atoms with Crippen LogP contribution in [-0.2, 0) is 22.3 Å². The maximum atomic E-state index is 5.64. The normalized spacial score (nSPS) is 23.5. The number of aromatic nitrogens is 2. The fourth-order valence-corrected chi connectivity index (χ4v) is 2.51. The number of hydrazine groups is 1. The molecule has 1 fully saturated rings. The molecule has 1 aromatic rings. The van der Waals surface area contributed by atoms with Gasteiger partial charge < -0.3 is 14.9 Å². The van der Waals surface area contributed by atoms with Gasteiger partial charge in [-0.1, -0.05) is 0 Å². The number of nitrogens with zero attached hydrogens (tertiary/aromatic N) is 2. The molecule has 0 spiro atoms. The number of nitrogens with two attached hydrogens (primary N) is 1. The molecule has 1 atom stereocenters. The number of ether oxygens (including phenoxy) is 2. The number of hydrogen-bond acceptors (Lipinski definition) is 6. The lowest BCUT2D eigenvalue weighted by Gasteiger charge is -2.24. The Morgan fingerprint density at radius 2 is 2.06 bits per heavy atom. The van der Waals surface area contributed by atoms with Crippen LogP contribution in [0.4, 0.5) is 5.82 Å². The largest absolute Gasteiger partial charge is 0.376 e. The summed E-state index contributed by atoms with van der Waals surface area (Å²) >= 11 is 0. The first kappa shape index (κ1) is 11.8. The standard InChI is InChI=1S/C12H18N4O2/c13-16-11-8-3-1-2-4-9(8)14-12(15-11)10-7-17-5-6-18-10/h10H,1-7,13H2,(H,14,15,16). The molecule has 0 bridgehead atoms. The van der Waals surface area contributed by atoms with Gasteiger partial charge in [-0.3, -0.25) is 0 Å². The topological polar surface area (TPSA) is 82.3 Å². The van der Waals surface area contributed by atoms with Crippen molar-refractivity contribution in [2.75, 3.05) is 25.2 Å². The van der Waals surface area contributed by atoms with E-state index >= 15 is 0 Å². The summed E-state index contributed by atoms with van der Waals surface area (Å²) in [5, 5.41) is 0. The highest BCUT2D eigenvalue weighted by atomic mass is 16.6. The average Bonchev–Trinajstić information content (AvgIpc) is 2.47. The first-order valence-electron chi connectivity index (χ1n) is 6.44. The Hall–Kier alpha value is -1.24. The molecule has 0 amide bonds. The molecule has 1 aromatic heterocycles. The second kappa shape index (κ2) is 5.17. The molecule has 2 aliphatic rings. The number of nitrogens with one attached hydrogen (secondary N) is 1. The molecule has 2 heterocycles. The van der Waals surface area contributed by atoms with E-state index in [2.05, 4.69) is 15.4 Å². The van der Waals surface area contributed by atoms with Crippen molar-refractivity contribution in [2.24, 2.45) is 5.84 Å². The van der Waals surface area contributed by atoms with Crippen molar-refractivity contribution in [2.45, 2.75) is 31.8 Å². The minimum absolute atomic E-state index is 0.168. The number of nitrogen functional groups attached to an aromatic ring is 1. The summed E-state index contributed by atoms with van der Waals surface area (Å²) in [7, 11) is 0. The zero-order valence-electron chi connectivity index (χ0n) is 10.3. The fourth-order valence-electron chi connectivity index (χ4n) is 2.51. The first-order chi connectivity index (χ1) is 8.88. The SMILES string of the molecule is NNc1nc(C2COCCO2)nc2c1CCCC2. The van der Waals surface area contributed by atoms with Gasteiger partial charge in [-0.25, -0.2) is 15.8 Å². The van der Waals surface area contributed by atoms with Crippen molar-refractivity contribution >= 4 is 5.82 Å². The summed E-state index contributed by atoms with van der Waals surface area (Å²) in [4.78, 5) is 9.11. The summed E-state index contributed by atoms with van der Waals surface area (Å²) in [5.41, 5.74) is 4.95. The monoisotopic (exact) mass is 250 g/mol. The molecule has 3 N–H and O–H groups in total. The Morgan fingerprint density at radius 1 is 1.17 bits per heavy atom. The molecule has 6 heteroatoms. The number of fused-ring (bicyclic) bond motifs is 1. The van der Waals surface area contributed by atoms with Gasteiger partial charge in [0.1, 0.15) is 11.9 Å². The average molecular weight is 250 g/mol. The van der Waals surface area contributed by atoms with Crippen LogP contribution in [0.15, 0.2) is 0 Å². The Labute approximate surface area is 106 Å². The minimum atomic E-state index is -0.168. The Morgan fingerprint density at radius 3 is 2.83 bits per heavy atom. The van der Waals surface area contributed by atoms with E-state index in [4.69, 9.17) is 15.3 Å². The third kappa shape index (κ3) is 2.19. The van der Waals surface area contributed by atoms with E-state index in [0.29, 0.717) is 25.6 Å². The van der Waals surface area contributed by atoms with Crippen LogP contribution in [0, 0.1) is 0 Å². The summed E-state index contributed by atoms with van der Waals surface area (Å²) in [5.74, 6) is 6.98. The van der Waals surface area contributed by atoms with E-state index in [-0.39, 0.29) is 6.10 Å². The highest BCUT2D eigenvalue weighted by Gasteiger charge is 2.24. The summed E-state index contributed by atoms with van der Waals surface area (Å²) < 4.78 is 11.0. The van der Waals surface area contributed by atoms with Crippen molar-refractivity contribution in [3.05, 3.63) is 17.1 Å². The molecule has 0 radical (unpaired) electrons. The van der Waals surface area contributed by atoms with Gasteiger partial charge >= 0.3 is 0 Å². The second-order valence-corrected chi connectivity index (χ2v) is 4.64. The molecular formula is C12H18N4O2. The van der Waals surface area contributed by atoms with Crippen LogP contribution in [0.25, 0.3) is 0 Å². The lowest BCUT2D eigenvalue weighted by molar-refractivity contribution is -0.0935. The number of anilines is 1. The zero-order chi connectivity index (χ0) is 12.4. The molecule has 1 aliphatic carbocycles. The van der Waals surface area contributed by atoms with E-state index in [0.717, 1.165) is 29.9 Å². The van der Waals surface area contributed by atoms with Crippen LogP contribution >= 0.6 is 0 Å². The second-order valence-electron chi connectivity index (χ2n) is 4.64. The van der Waals surface area contributed by atoms with Gasteiger partial charge in [0, 0.05) is 11.3 Å². The molecule has 18 heavy (non-hydrogen) atoms. The lowest BCUT2D eigenvalue weighted by atomic mass is 9.96. The molecular weight excluding hydrogens is 232 g/mol. The molecule has 1 aliphatic heterocycles. The van der Waals surface area contributed by atoms with Crippen LogP contribution < -0.4 is 11.3 Å². The summed E-state index contributed by atoms with van der Waals surface area (Å²) in [6.45, 7) is 1.75. The van der Waals surface area contributed by atoms with Crippen molar-refractivity contribution in [3.63, 3.8) is 0 Å². The Balaban J connectivity index is 1.94. The third-order valence-electron chi connectivity index (χ3n) is 3.44. The van der Waals surface area contributed by atoms with Crippen LogP contribution in [0.3, 0.4) is 0 Å². The van der Waals surface area contributed by atoms with E-state index < -0.39 is 0 Å². The number of hydrogen-bond donors (Lipinski definition) is 2. The van der Waals surface area contributed by atoms with E-state index in [9.17, 15) is 0 Å². The van der Waals surface area contributed by atoms with Crippen molar-refractivity contribution in [1.82, 2.24) is 9.97 Å². The van der Waals surface area contributed by atoms with Crippen LogP contribution in [0.1, 0.15) is 36.0 Å². The molecule has 6 nitrogen and oxygen atoms in total. The molecule has 3 rings (SSSR count). The van der Waals surface area contributed by atoms with Gasteiger partial charge in [0.05, 0.1) is 19.8 Å². The maximum Gasteiger partial charge on any atom is 0.162 e. The van der Waals surface area contributed by atoms with Gasteiger partial charge in [-0.15, -0.1) is 0 Å². The van der Waals surface area contributed by atoms with E-state index in [1.54, 1.807) is 0 Å². The summed E-state index contributed by atoms with van der Waals surface area (Å²) in [6.07, 6.45) is 4.17. The van der Waals surface area contributed by atoms with Crippen LogP contribution in [-0.4, -0.2) is 29.8 Å². The first-order valence-corrected chi connectivity index (χ1v) is 6.44. The highest BCUT2D eigenvalue weighted by molar-refractivity contribution is 5.47.